The molecule has 0 unspecified atom stereocenters. The fourth-order valence-electron chi connectivity index (χ4n) is 0.714. The minimum absolute atomic E-state index is 0.00292. The smallest absolute Gasteiger partial charge is 0.303 e. The number of rotatable bonds is 4. The maximum absolute atomic E-state index is 10.2. The summed E-state index contributed by atoms with van der Waals surface area (Å²) in [6.07, 6.45) is 0.148. The first kappa shape index (κ1) is 8.94. The fourth-order valence-corrected chi connectivity index (χ4v) is 0.714. The third kappa shape index (κ3) is 5.08. The van der Waals surface area contributed by atoms with E-state index in [9.17, 15) is 9.59 Å². The average Bonchev–Trinajstić information content (AvgIpc) is 1.58. The fraction of sp³-hybridized carbons (Fsp3) is 0.667. The Hall–Kier alpha value is -1.06. The summed E-state index contributed by atoms with van der Waals surface area (Å²) in [5.41, 5.74) is 4.84. The summed E-state index contributed by atoms with van der Waals surface area (Å²) >= 11 is 0. The Kier molecular flexibility index (Phi) is 3.46. The summed E-state index contributed by atoms with van der Waals surface area (Å²) in [7, 11) is 0. The van der Waals surface area contributed by atoms with Crippen molar-refractivity contribution in [2.45, 2.75) is 19.8 Å². The summed E-state index contributed by atoms with van der Waals surface area (Å²) in [6.45, 7) is 1.68. The van der Waals surface area contributed by atoms with Gasteiger partial charge in [-0.15, -0.1) is 0 Å². The van der Waals surface area contributed by atoms with E-state index in [1.54, 1.807) is 6.92 Å². The lowest BCUT2D eigenvalue weighted by molar-refractivity contribution is -0.138. The lowest BCUT2D eigenvalue weighted by Crippen LogP contribution is -2.16. The van der Waals surface area contributed by atoms with E-state index in [0.717, 1.165) is 0 Å². The molecule has 0 saturated carbocycles. The molecule has 1 amide bonds. The van der Waals surface area contributed by atoms with E-state index < -0.39 is 11.9 Å². The zero-order valence-electron chi connectivity index (χ0n) is 5.83. The molecule has 0 radical (unpaired) electrons. The Bertz CT molecular complexity index is 128. The van der Waals surface area contributed by atoms with Crippen molar-refractivity contribution in [3.05, 3.63) is 0 Å². The van der Waals surface area contributed by atoms with Crippen LogP contribution in [0.5, 0.6) is 0 Å². The van der Waals surface area contributed by atoms with E-state index in [0.29, 0.717) is 0 Å². The van der Waals surface area contributed by atoms with Crippen molar-refractivity contribution < 1.29 is 14.7 Å². The quantitative estimate of drug-likeness (QED) is 0.583. The first-order valence-electron chi connectivity index (χ1n) is 3.02. The monoisotopic (exact) mass is 145 g/mol. The SMILES string of the molecule is C[C@H](CC(N)=O)CC(=O)O. The van der Waals surface area contributed by atoms with Crippen LogP contribution in [0.1, 0.15) is 19.8 Å². The van der Waals surface area contributed by atoms with Crippen LogP contribution in [0.25, 0.3) is 0 Å². The van der Waals surface area contributed by atoms with Gasteiger partial charge in [0.2, 0.25) is 5.91 Å². The van der Waals surface area contributed by atoms with Crippen molar-refractivity contribution in [2.75, 3.05) is 0 Å². The predicted molar refractivity (Wildman–Crippen MR) is 35.2 cm³/mol. The summed E-state index contributed by atoms with van der Waals surface area (Å²) < 4.78 is 0. The maximum Gasteiger partial charge on any atom is 0.303 e. The lowest BCUT2D eigenvalue weighted by atomic mass is 10.0. The van der Waals surface area contributed by atoms with E-state index in [4.69, 9.17) is 10.8 Å². The van der Waals surface area contributed by atoms with Crippen LogP contribution in [0.3, 0.4) is 0 Å². The van der Waals surface area contributed by atoms with Gasteiger partial charge in [-0.1, -0.05) is 6.92 Å². The van der Waals surface area contributed by atoms with E-state index in [-0.39, 0.29) is 18.8 Å². The van der Waals surface area contributed by atoms with E-state index in [2.05, 4.69) is 0 Å². The molecule has 0 heterocycles. The molecule has 0 bridgehead atoms. The van der Waals surface area contributed by atoms with Crippen LogP contribution in [0.15, 0.2) is 0 Å². The van der Waals surface area contributed by atoms with E-state index in [1.165, 1.54) is 0 Å². The highest BCUT2D eigenvalue weighted by Crippen LogP contribution is 2.05. The Morgan fingerprint density at radius 2 is 2.00 bits per heavy atom. The van der Waals surface area contributed by atoms with Crippen molar-refractivity contribution >= 4 is 11.9 Å². The van der Waals surface area contributed by atoms with E-state index >= 15 is 0 Å². The highest BCUT2D eigenvalue weighted by molar-refractivity contribution is 5.75. The minimum atomic E-state index is -0.895. The molecule has 0 fully saturated rings. The van der Waals surface area contributed by atoms with Gasteiger partial charge >= 0.3 is 5.97 Å². The molecule has 0 aliphatic heterocycles. The third-order valence-corrected chi connectivity index (χ3v) is 1.07. The molecule has 4 heteroatoms. The van der Waals surface area contributed by atoms with Gasteiger partial charge in [-0.3, -0.25) is 9.59 Å². The molecule has 0 aliphatic rings. The largest absolute Gasteiger partial charge is 0.481 e. The number of amides is 1. The molecule has 4 nitrogen and oxygen atoms in total. The molecule has 0 aromatic rings. The number of hydrogen-bond donors (Lipinski definition) is 2. The molecule has 0 spiro atoms. The number of aliphatic carboxylic acids is 1. The molecule has 58 valence electrons. The molecule has 0 aliphatic carbocycles. The van der Waals surface area contributed by atoms with Gasteiger partial charge in [-0.2, -0.15) is 0 Å². The third-order valence-electron chi connectivity index (χ3n) is 1.07. The second-order valence-corrected chi connectivity index (χ2v) is 2.37. The van der Waals surface area contributed by atoms with Crippen molar-refractivity contribution in [3.63, 3.8) is 0 Å². The van der Waals surface area contributed by atoms with Gasteiger partial charge in [0.05, 0.1) is 0 Å². The van der Waals surface area contributed by atoms with Gasteiger partial charge in [0.25, 0.3) is 0 Å². The molecular weight excluding hydrogens is 134 g/mol. The van der Waals surface area contributed by atoms with Gasteiger partial charge in [-0.05, 0) is 5.92 Å². The van der Waals surface area contributed by atoms with Gasteiger partial charge in [-0.25, -0.2) is 0 Å². The first-order valence-corrected chi connectivity index (χ1v) is 3.02. The van der Waals surface area contributed by atoms with Gasteiger partial charge in [0.15, 0.2) is 0 Å². The van der Waals surface area contributed by atoms with Crippen LogP contribution in [0.4, 0.5) is 0 Å². The molecule has 0 aromatic carbocycles. The highest BCUT2D eigenvalue weighted by atomic mass is 16.4. The van der Waals surface area contributed by atoms with Crippen molar-refractivity contribution in [1.29, 1.82) is 0 Å². The molecule has 0 rings (SSSR count). The number of primary amides is 1. The number of carboxylic acids is 1. The Morgan fingerprint density at radius 3 is 2.30 bits per heavy atom. The number of nitrogens with two attached hydrogens (primary N) is 1. The van der Waals surface area contributed by atoms with Crippen molar-refractivity contribution in [1.82, 2.24) is 0 Å². The molecule has 10 heavy (non-hydrogen) atoms. The minimum Gasteiger partial charge on any atom is -0.481 e. The summed E-state index contributed by atoms with van der Waals surface area (Å²) in [5.74, 6) is -1.50. The number of carbonyl (C=O) groups is 2. The molecule has 0 saturated heterocycles. The van der Waals surface area contributed by atoms with Crippen molar-refractivity contribution in [2.24, 2.45) is 11.7 Å². The van der Waals surface area contributed by atoms with Crippen LogP contribution >= 0.6 is 0 Å². The second kappa shape index (κ2) is 3.87. The maximum atomic E-state index is 10.2. The summed E-state index contributed by atoms with van der Waals surface area (Å²) in [4.78, 5) is 20.3. The normalized spacial score (nSPS) is 12.5. The Morgan fingerprint density at radius 1 is 1.50 bits per heavy atom. The standard InChI is InChI=1S/C6H11NO3/c1-4(2-5(7)8)3-6(9)10/h4H,2-3H2,1H3,(H2,7,8)(H,9,10)/t4-/m1/s1. The van der Waals surface area contributed by atoms with Crippen LogP contribution in [-0.4, -0.2) is 17.0 Å². The summed E-state index contributed by atoms with van der Waals surface area (Å²) in [5, 5.41) is 8.24. The van der Waals surface area contributed by atoms with Crippen LogP contribution in [-0.2, 0) is 9.59 Å². The Labute approximate surface area is 59.0 Å². The molecular formula is C6H11NO3. The van der Waals surface area contributed by atoms with Gasteiger partial charge in [0, 0.05) is 12.8 Å². The Balaban J connectivity index is 3.53. The zero-order chi connectivity index (χ0) is 8.15. The van der Waals surface area contributed by atoms with Gasteiger partial charge in [0.1, 0.15) is 0 Å². The first-order chi connectivity index (χ1) is 4.52. The highest BCUT2D eigenvalue weighted by Gasteiger charge is 2.09. The van der Waals surface area contributed by atoms with E-state index in [1.807, 2.05) is 0 Å². The van der Waals surface area contributed by atoms with Crippen LogP contribution < -0.4 is 5.73 Å². The predicted octanol–water partition coefficient (Wildman–Crippen LogP) is -0.0274. The summed E-state index contributed by atoms with van der Waals surface area (Å²) in [6, 6.07) is 0. The zero-order valence-corrected chi connectivity index (χ0v) is 5.83. The van der Waals surface area contributed by atoms with Gasteiger partial charge < -0.3 is 10.8 Å². The van der Waals surface area contributed by atoms with Crippen LogP contribution in [0, 0.1) is 5.92 Å². The second-order valence-electron chi connectivity index (χ2n) is 2.37. The van der Waals surface area contributed by atoms with Crippen molar-refractivity contribution in [3.8, 4) is 0 Å². The molecule has 3 N–H and O–H groups in total. The number of hydrogen-bond acceptors (Lipinski definition) is 2. The average molecular weight is 145 g/mol. The van der Waals surface area contributed by atoms with Crippen LogP contribution in [0.2, 0.25) is 0 Å². The molecule has 1 atom stereocenters. The number of carbonyl (C=O) groups excluding carboxylic acids is 1. The molecule has 0 aromatic heterocycles. The topological polar surface area (TPSA) is 80.4 Å². The lowest BCUT2D eigenvalue weighted by Gasteiger charge is -2.03. The number of carboxylic acid groups (broad SMARTS) is 1.